The first kappa shape index (κ1) is 11.2. The third kappa shape index (κ3) is 1.98. The molecule has 0 spiro atoms. The first-order chi connectivity index (χ1) is 7.76. The van der Waals surface area contributed by atoms with Gasteiger partial charge in [-0.3, -0.25) is 4.90 Å². The molecule has 2 rings (SSSR count). The van der Waals surface area contributed by atoms with Crippen molar-refractivity contribution in [2.24, 2.45) is 0 Å². The molecule has 2 aliphatic rings. The molecule has 1 aliphatic heterocycles. The summed E-state index contributed by atoms with van der Waals surface area (Å²) < 4.78 is 0. The van der Waals surface area contributed by atoms with Crippen LogP contribution in [0.5, 0.6) is 0 Å². The highest BCUT2D eigenvalue weighted by Crippen LogP contribution is 2.35. The molecule has 1 aliphatic carbocycles. The molecule has 0 fully saturated rings. The fourth-order valence-corrected chi connectivity index (χ4v) is 2.56. The molecule has 0 saturated heterocycles. The van der Waals surface area contributed by atoms with Gasteiger partial charge in [-0.25, -0.2) is 0 Å². The van der Waals surface area contributed by atoms with E-state index in [0.717, 1.165) is 19.5 Å². The molecule has 16 heavy (non-hydrogen) atoms. The van der Waals surface area contributed by atoms with Gasteiger partial charge in [-0.1, -0.05) is 18.2 Å². The Kier molecular flexibility index (Phi) is 3.30. The van der Waals surface area contributed by atoms with E-state index < -0.39 is 0 Å². The van der Waals surface area contributed by atoms with Crippen LogP contribution in [0.25, 0.3) is 0 Å². The van der Waals surface area contributed by atoms with Crippen molar-refractivity contribution in [3.8, 4) is 0 Å². The molecule has 86 valence electrons. The zero-order chi connectivity index (χ0) is 11.5. The van der Waals surface area contributed by atoms with Crippen molar-refractivity contribution in [2.75, 3.05) is 27.2 Å². The number of nitrogens with one attached hydrogen (secondary N) is 1. The van der Waals surface area contributed by atoms with Gasteiger partial charge >= 0.3 is 0 Å². The standard InChI is InChI=1S/C14H20N2/c1-4-11-5-6-12-9-16(3)10-14(12)13(11)7-8-15-2/h4,7-8,15H,1,5-6,9-10H2,2-3H3/b8-7-. The molecule has 0 amide bonds. The topological polar surface area (TPSA) is 15.3 Å². The zero-order valence-corrected chi connectivity index (χ0v) is 10.2. The summed E-state index contributed by atoms with van der Waals surface area (Å²) in [5, 5.41) is 3.07. The Morgan fingerprint density at radius 2 is 2.12 bits per heavy atom. The van der Waals surface area contributed by atoms with Gasteiger partial charge in [0.2, 0.25) is 0 Å². The van der Waals surface area contributed by atoms with Gasteiger partial charge in [0.05, 0.1) is 0 Å². The van der Waals surface area contributed by atoms with Crippen LogP contribution in [0.2, 0.25) is 0 Å². The summed E-state index contributed by atoms with van der Waals surface area (Å²) >= 11 is 0. The molecule has 0 saturated carbocycles. The molecule has 0 aromatic rings. The quantitative estimate of drug-likeness (QED) is 0.778. The summed E-state index contributed by atoms with van der Waals surface area (Å²) in [6.07, 6.45) is 8.55. The van der Waals surface area contributed by atoms with Crippen molar-refractivity contribution in [2.45, 2.75) is 12.8 Å². The second-order valence-corrected chi connectivity index (χ2v) is 4.52. The first-order valence-corrected chi connectivity index (χ1v) is 5.85. The summed E-state index contributed by atoms with van der Waals surface area (Å²) in [4.78, 5) is 2.38. The molecule has 0 unspecified atom stereocenters. The first-order valence-electron chi connectivity index (χ1n) is 5.85. The van der Waals surface area contributed by atoms with E-state index in [0.29, 0.717) is 0 Å². The van der Waals surface area contributed by atoms with E-state index >= 15 is 0 Å². The number of likely N-dealkylation sites (N-methyl/N-ethyl adjacent to an activating group) is 1. The van der Waals surface area contributed by atoms with E-state index in [1.54, 1.807) is 5.57 Å². The second kappa shape index (κ2) is 4.71. The third-order valence-corrected chi connectivity index (χ3v) is 3.35. The van der Waals surface area contributed by atoms with Gasteiger partial charge in [0.15, 0.2) is 0 Å². The van der Waals surface area contributed by atoms with E-state index in [4.69, 9.17) is 0 Å². The SMILES string of the molecule is C=CC1=C(/C=C\NC)C2=C(CC1)CN(C)C2. The number of hydrogen-bond acceptors (Lipinski definition) is 2. The van der Waals surface area contributed by atoms with E-state index in [1.165, 1.54) is 23.1 Å². The van der Waals surface area contributed by atoms with Crippen molar-refractivity contribution in [3.63, 3.8) is 0 Å². The largest absolute Gasteiger partial charge is 0.394 e. The van der Waals surface area contributed by atoms with E-state index in [9.17, 15) is 0 Å². The van der Waals surface area contributed by atoms with Gasteiger partial charge in [0, 0.05) is 20.1 Å². The van der Waals surface area contributed by atoms with Crippen LogP contribution in [0.4, 0.5) is 0 Å². The molecule has 0 atom stereocenters. The van der Waals surface area contributed by atoms with E-state index in [2.05, 4.69) is 29.9 Å². The molecule has 0 aromatic carbocycles. The highest BCUT2D eigenvalue weighted by atomic mass is 15.1. The van der Waals surface area contributed by atoms with Gasteiger partial charge in [0.25, 0.3) is 0 Å². The maximum atomic E-state index is 3.93. The van der Waals surface area contributed by atoms with Gasteiger partial charge in [-0.05, 0) is 48.9 Å². The lowest BCUT2D eigenvalue weighted by Gasteiger charge is -2.18. The number of allylic oxidation sites excluding steroid dienone is 3. The Hall–Kier alpha value is -1.28. The number of rotatable bonds is 3. The van der Waals surface area contributed by atoms with Crippen LogP contribution in [-0.4, -0.2) is 32.1 Å². The summed E-state index contributed by atoms with van der Waals surface area (Å²) in [6.45, 7) is 6.14. The average molecular weight is 216 g/mol. The molecule has 0 aromatic heterocycles. The van der Waals surface area contributed by atoms with Crippen LogP contribution in [0, 0.1) is 0 Å². The van der Waals surface area contributed by atoms with Gasteiger partial charge in [-0.2, -0.15) is 0 Å². The fourth-order valence-electron chi connectivity index (χ4n) is 2.56. The molecule has 2 nitrogen and oxygen atoms in total. The van der Waals surface area contributed by atoms with E-state index in [1.807, 2.05) is 19.3 Å². The monoisotopic (exact) mass is 216 g/mol. The average Bonchev–Trinajstić information content (AvgIpc) is 2.66. The minimum Gasteiger partial charge on any atom is -0.394 e. The Balaban J connectivity index is 2.35. The molecular formula is C14H20N2. The van der Waals surface area contributed by atoms with E-state index in [-0.39, 0.29) is 0 Å². The minimum atomic E-state index is 1.08. The maximum Gasteiger partial charge on any atom is 0.0240 e. The van der Waals surface area contributed by atoms with Gasteiger partial charge < -0.3 is 5.32 Å². The lowest BCUT2D eigenvalue weighted by molar-refractivity contribution is 0.424. The fraction of sp³-hybridized carbons (Fsp3) is 0.429. The molecule has 1 N–H and O–H groups in total. The normalized spacial score (nSPS) is 21.9. The Bertz CT molecular complexity index is 386. The Morgan fingerprint density at radius 3 is 2.81 bits per heavy atom. The van der Waals surface area contributed by atoms with Crippen molar-refractivity contribution in [1.82, 2.24) is 10.2 Å². The smallest absolute Gasteiger partial charge is 0.0240 e. The number of nitrogens with zero attached hydrogens (tertiary/aromatic N) is 1. The van der Waals surface area contributed by atoms with Gasteiger partial charge in [-0.15, -0.1) is 0 Å². The van der Waals surface area contributed by atoms with Crippen molar-refractivity contribution in [1.29, 1.82) is 0 Å². The number of hydrogen-bond donors (Lipinski definition) is 1. The molecule has 1 heterocycles. The zero-order valence-electron chi connectivity index (χ0n) is 10.2. The second-order valence-electron chi connectivity index (χ2n) is 4.52. The summed E-state index contributed by atoms with van der Waals surface area (Å²) in [5.74, 6) is 0. The van der Waals surface area contributed by atoms with Gasteiger partial charge in [0.1, 0.15) is 0 Å². The van der Waals surface area contributed by atoms with Crippen LogP contribution in [0.1, 0.15) is 12.8 Å². The molecular weight excluding hydrogens is 196 g/mol. The van der Waals surface area contributed by atoms with Crippen LogP contribution in [-0.2, 0) is 0 Å². The van der Waals surface area contributed by atoms with Crippen LogP contribution in [0.3, 0.4) is 0 Å². The van der Waals surface area contributed by atoms with Crippen molar-refractivity contribution >= 4 is 0 Å². The van der Waals surface area contributed by atoms with Crippen molar-refractivity contribution in [3.05, 3.63) is 47.2 Å². The Labute approximate surface area is 98.0 Å². The summed E-state index contributed by atoms with van der Waals surface area (Å²) in [7, 11) is 4.12. The van der Waals surface area contributed by atoms with Crippen LogP contribution >= 0.6 is 0 Å². The predicted molar refractivity (Wildman–Crippen MR) is 69.2 cm³/mol. The summed E-state index contributed by atoms with van der Waals surface area (Å²) in [5.41, 5.74) is 5.91. The molecule has 0 bridgehead atoms. The molecule has 2 heteroatoms. The minimum absolute atomic E-state index is 1.08. The van der Waals surface area contributed by atoms with Crippen LogP contribution < -0.4 is 5.32 Å². The maximum absolute atomic E-state index is 3.93. The highest BCUT2D eigenvalue weighted by Gasteiger charge is 2.25. The molecule has 0 radical (unpaired) electrons. The third-order valence-electron chi connectivity index (χ3n) is 3.35. The predicted octanol–water partition coefficient (Wildman–Crippen LogP) is 2.24. The Morgan fingerprint density at radius 1 is 1.31 bits per heavy atom. The summed E-state index contributed by atoms with van der Waals surface area (Å²) in [6, 6.07) is 0. The lowest BCUT2D eigenvalue weighted by Crippen LogP contribution is -2.14. The van der Waals surface area contributed by atoms with Crippen molar-refractivity contribution < 1.29 is 0 Å². The van der Waals surface area contributed by atoms with Crippen LogP contribution in [0.15, 0.2) is 47.2 Å². The highest BCUT2D eigenvalue weighted by molar-refractivity contribution is 5.54. The lowest BCUT2D eigenvalue weighted by atomic mass is 9.87.